The van der Waals surface area contributed by atoms with Gasteiger partial charge in [-0.2, -0.15) is 0 Å². The number of rotatable bonds is 1. The van der Waals surface area contributed by atoms with E-state index in [0.717, 1.165) is 10.0 Å². The highest BCUT2D eigenvalue weighted by Gasteiger charge is 1.97. The first-order chi connectivity index (χ1) is 9.20. The van der Waals surface area contributed by atoms with Gasteiger partial charge in [-0.1, -0.05) is 17.7 Å². The second-order valence-corrected chi connectivity index (χ2v) is 6.17. The van der Waals surface area contributed by atoms with Crippen molar-refractivity contribution >= 4 is 31.7 Å². The number of anilines is 1. The third-order valence-corrected chi connectivity index (χ3v) is 3.84. The van der Waals surface area contributed by atoms with Gasteiger partial charge in [-0.25, -0.2) is 12.8 Å². The van der Waals surface area contributed by atoms with E-state index in [2.05, 4.69) is 15.9 Å². The Labute approximate surface area is 131 Å². The van der Waals surface area contributed by atoms with Gasteiger partial charge in [-0.05, 0) is 53.2 Å². The summed E-state index contributed by atoms with van der Waals surface area (Å²) in [5.41, 5.74) is 6.69. The summed E-state index contributed by atoms with van der Waals surface area (Å²) < 4.78 is 44.1. The van der Waals surface area contributed by atoms with Crippen LogP contribution in [0.2, 0.25) is 0 Å². The van der Waals surface area contributed by atoms with Gasteiger partial charge in [0.2, 0.25) is 0 Å². The van der Waals surface area contributed by atoms with Crippen molar-refractivity contribution in [3.05, 3.63) is 58.3 Å². The molecule has 0 aliphatic heterocycles. The van der Waals surface area contributed by atoms with Crippen LogP contribution < -0.4 is 11.9 Å². The molecule has 0 spiro atoms. The van der Waals surface area contributed by atoms with Gasteiger partial charge in [0.25, 0.3) is 0 Å². The average molecular weight is 379 g/mol. The zero-order valence-electron chi connectivity index (χ0n) is 11.5. The molecule has 0 radical (unpaired) electrons. The lowest BCUT2D eigenvalue weighted by molar-refractivity contribution is 0.463. The summed E-state index contributed by atoms with van der Waals surface area (Å²) in [6.07, 6.45) is 0. The van der Waals surface area contributed by atoms with Crippen molar-refractivity contribution in [3.63, 3.8) is 0 Å². The summed E-state index contributed by atoms with van der Waals surface area (Å²) in [7, 11) is -4.27. The Morgan fingerprint density at radius 3 is 2.05 bits per heavy atom. The van der Waals surface area contributed by atoms with Crippen molar-refractivity contribution in [2.45, 2.75) is 11.8 Å². The third-order valence-electron chi connectivity index (χ3n) is 2.27. The molecule has 6 N–H and O–H groups in total. The number of quaternary nitrogens is 1. The molecule has 2 aromatic carbocycles. The maximum Gasteiger partial charge on any atom is 0.125 e. The largest absolute Gasteiger partial charge is 0.744 e. The van der Waals surface area contributed by atoms with Crippen LogP contribution in [-0.2, 0) is 10.1 Å². The minimum Gasteiger partial charge on any atom is -0.744 e. The van der Waals surface area contributed by atoms with Crippen LogP contribution in [0.1, 0.15) is 5.56 Å². The van der Waals surface area contributed by atoms with Crippen molar-refractivity contribution in [2.75, 3.05) is 5.73 Å². The second-order valence-electron chi connectivity index (χ2n) is 3.93. The topological polar surface area (TPSA) is 120 Å². The van der Waals surface area contributed by atoms with Crippen LogP contribution >= 0.6 is 15.9 Å². The van der Waals surface area contributed by atoms with Gasteiger partial charge in [-0.3, -0.25) is 0 Å². The maximum atomic E-state index is 12.2. The summed E-state index contributed by atoms with van der Waals surface area (Å²) in [5, 5.41) is 0. The molecule has 0 saturated carbocycles. The summed E-state index contributed by atoms with van der Waals surface area (Å²) in [4.78, 5) is -0.178. The molecule has 2 aromatic rings. The lowest BCUT2D eigenvalue weighted by Crippen LogP contribution is -1.97. The van der Waals surface area contributed by atoms with Gasteiger partial charge in [0.05, 0.1) is 4.90 Å². The number of nitrogen functional groups attached to an aromatic ring is 1. The molecule has 21 heavy (non-hydrogen) atoms. The Hall–Kier alpha value is -1.48. The van der Waals surface area contributed by atoms with E-state index >= 15 is 0 Å². The van der Waals surface area contributed by atoms with Crippen molar-refractivity contribution in [3.8, 4) is 0 Å². The molecule has 0 aliphatic rings. The lowest BCUT2D eigenvalue weighted by Gasteiger charge is -2.05. The standard InChI is InChI=1S/C7H8O3S.C6H5BrFN.H3N/c1-6-2-4-7(5-3-6)11(8,9)10;7-5-2-1-4(8)3-6(5)9;/h2-5H,1H3,(H,8,9,10);1-3H,9H2;1H3. The normalized spacial score (nSPS) is 10.1. The molecule has 116 valence electrons. The fraction of sp³-hybridized carbons (Fsp3) is 0.0769. The molecular formula is C13H16BrFN2O3S. The molecule has 0 heterocycles. The van der Waals surface area contributed by atoms with E-state index in [1.807, 2.05) is 6.92 Å². The Bertz CT molecular complexity index is 691. The van der Waals surface area contributed by atoms with E-state index < -0.39 is 10.1 Å². The van der Waals surface area contributed by atoms with Crippen molar-refractivity contribution < 1.29 is 17.4 Å². The first-order valence-corrected chi connectivity index (χ1v) is 7.63. The molecule has 2 rings (SSSR count). The molecule has 0 unspecified atom stereocenters. The number of nitrogens with two attached hydrogens (primary N) is 1. The number of benzene rings is 2. The number of halogens is 2. The second kappa shape index (κ2) is 8.08. The zero-order valence-corrected chi connectivity index (χ0v) is 13.9. The molecule has 0 aromatic heterocycles. The zero-order chi connectivity index (χ0) is 15.3. The van der Waals surface area contributed by atoms with Crippen LogP contribution in [0.5, 0.6) is 0 Å². The first kappa shape index (κ1) is 19.5. The van der Waals surface area contributed by atoms with Crippen LogP contribution in [0.3, 0.4) is 0 Å². The van der Waals surface area contributed by atoms with Gasteiger partial charge >= 0.3 is 0 Å². The van der Waals surface area contributed by atoms with Crippen LogP contribution in [0.15, 0.2) is 51.8 Å². The predicted molar refractivity (Wildman–Crippen MR) is 83.6 cm³/mol. The van der Waals surface area contributed by atoms with Crippen molar-refractivity contribution in [1.82, 2.24) is 6.15 Å². The highest BCUT2D eigenvalue weighted by molar-refractivity contribution is 9.10. The third kappa shape index (κ3) is 6.67. The number of hydrogen-bond acceptors (Lipinski definition) is 4. The van der Waals surface area contributed by atoms with E-state index in [0.29, 0.717) is 5.69 Å². The predicted octanol–water partition coefficient (Wildman–Crippen LogP) is 3.45. The van der Waals surface area contributed by atoms with Gasteiger partial charge < -0.3 is 16.4 Å². The van der Waals surface area contributed by atoms with E-state index in [4.69, 9.17) is 5.73 Å². The fourth-order valence-electron chi connectivity index (χ4n) is 1.22. The Kier molecular flexibility index (Phi) is 7.51. The van der Waals surface area contributed by atoms with Crippen LogP contribution in [0.25, 0.3) is 0 Å². The van der Waals surface area contributed by atoms with Crippen LogP contribution in [0.4, 0.5) is 10.1 Å². The summed E-state index contributed by atoms with van der Waals surface area (Å²) in [5.74, 6) is -0.310. The number of hydrogen-bond donors (Lipinski definition) is 2. The minimum absolute atomic E-state index is 0. The van der Waals surface area contributed by atoms with Crippen LogP contribution in [0, 0.1) is 12.7 Å². The SMILES string of the molecule is Cc1ccc(S(=O)(=O)[O-])cc1.Nc1cc(F)ccc1Br.[NH4+]. The summed E-state index contributed by atoms with van der Waals surface area (Å²) in [6, 6.07) is 9.97. The van der Waals surface area contributed by atoms with E-state index in [1.54, 1.807) is 18.2 Å². The molecule has 5 nitrogen and oxygen atoms in total. The Balaban J connectivity index is 0.000000370. The molecule has 0 saturated heterocycles. The monoisotopic (exact) mass is 378 g/mol. The average Bonchev–Trinajstić information content (AvgIpc) is 2.34. The molecule has 0 amide bonds. The first-order valence-electron chi connectivity index (χ1n) is 5.43. The van der Waals surface area contributed by atoms with E-state index in [-0.39, 0.29) is 16.9 Å². The lowest BCUT2D eigenvalue weighted by atomic mass is 10.2. The van der Waals surface area contributed by atoms with Crippen LogP contribution in [-0.4, -0.2) is 13.0 Å². The van der Waals surface area contributed by atoms with Crippen molar-refractivity contribution in [2.24, 2.45) is 0 Å². The molecule has 0 aliphatic carbocycles. The summed E-state index contributed by atoms with van der Waals surface area (Å²) in [6.45, 7) is 1.82. The minimum atomic E-state index is -4.27. The highest BCUT2D eigenvalue weighted by Crippen LogP contribution is 2.18. The summed E-state index contributed by atoms with van der Waals surface area (Å²) >= 11 is 3.14. The molecular weight excluding hydrogens is 363 g/mol. The Morgan fingerprint density at radius 1 is 1.14 bits per heavy atom. The van der Waals surface area contributed by atoms with Gasteiger partial charge in [0, 0.05) is 10.2 Å². The van der Waals surface area contributed by atoms with Gasteiger partial charge in [0.1, 0.15) is 15.9 Å². The van der Waals surface area contributed by atoms with Gasteiger partial charge in [0.15, 0.2) is 0 Å². The highest BCUT2D eigenvalue weighted by atomic mass is 79.9. The van der Waals surface area contributed by atoms with Gasteiger partial charge in [-0.15, -0.1) is 0 Å². The molecule has 0 bridgehead atoms. The molecule has 8 heteroatoms. The van der Waals surface area contributed by atoms with E-state index in [9.17, 15) is 17.4 Å². The fourth-order valence-corrected chi connectivity index (χ4v) is 1.94. The smallest absolute Gasteiger partial charge is 0.125 e. The van der Waals surface area contributed by atoms with E-state index in [1.165, 1.54) is 24.3 Å². The quantitative estimate of drug-likeness (QED) is 0.582. The maximum absolute atomic E-state index is 12.2. The molecule has 0 atom stereocenters. The molecule has 0 fully saturated rings. The Morgan fingerprint density at radius 2 is 1.67 bits per heavy atom. The van der Waals surface area contributed by atoms with Crippen molar-refractivity contribution in [1.29, 1.82) is 0 Å². The number of aryl methyl sites for hydroxylation is 1.